The minimum absolute atomic E-state index is 0.0247. The number of hydrogen-bond donors (Lipinski definition) is 1. The van der Waals surface area contributed by atoms with Gasteiger partial charge in [0.05, 0.1) is 29.4 Å². The number of carboxylic acids is 1. The maximum absolute atomic E-state index is 10.7. The predicted octanol–water partition coefficient (Wildman–Crippen LogP) is 2.17. The van der Waals surface area contributed by atoms with Crippen molar-refractivity contribution in [1.29, 1.82) is 0 Å². The number of thioether (sulfide) groups is 1. The van der Waals surface area contributed by atoms with Crippen LogP contribution in [0.4, 0.5) is 0 Å². The lowest BCUT2D eigenvalue weighted by Gasteiger charge is -2.14. The van der Waals surface area contributed by atoms with E-state index in [-0.39, 0.29) is 11.8 Å². The van der Waals surface area contributed by atoms with Crippen molar-refractivity contribution in [1.82, 2.24) is 9.55 Å². The number of ether oxygens (including phenoxy) is 1. The summed E-state index contributed by atoms with van der Waals surface area (Å²) in [6.07, 6.45) is 0.945. The molecule has 6 heteroatoms. The van der Waals surface area contributed by atoms with Gasteiger partial charge < -0.3 is 14.4 Å². The molecular formula is C13H14N2O3S. The van der Waals surface area contributed by atoms with Crippen LogP contribution >= 0.6 is 11.8 Å². The van der Waals surface area contributed by atoms with Crippen LogP contribution in [-0.4, -0.2) is 39.6 Å². The highest BCUT2D eigenvalue weighted by Gasteiger charge is 2.23. The maximum atomic E-state index is 10.7. The van der Waals surface area contributed by atoms with Crippen molar-refractivity contribution >= 4 is 28.8 Å². The minimum Gasteiger partial charge on any atom is -0.481 e. The van der Waals surface area contributed by atoms with Crippen molar-refractivity contribution < 1.29 is 14.6 Å². The second-order valence-electron chi connectivity index (χ2n) is 4.45. The maximum Gasteiger partial charge on any atom is 0.313 e. The summed E-state index contributed by atoms with van der Waals surface area (Å²) >= 11 is 1.26. The highest BCUT2D eigenvalue weighted by molar-refractivity contribution is 7.99. The summed E-state index contributed by atoms with van der Waals surface area (Å²) in [5.74, 6) is -0.803. The standard InChI is InChI=1S/C13H14N2O3S/c16-12(17)8-19-13-14-10-3-1-2-4-11(10)15(13)9-5-6-18-7-9/h1-4,9H,5-8H2,(H,16,17). The van der Waals surface area contributed by atoms with Crippen molar-refractivity contribution in [2.75, 3.05) is 19.0 Å². The summed E-state index contributed by atoms with van der Waals surface area (Å²) in [6, 6.07) is 8.14. The minimum atomic E-state index is -0.828. The van der Waals surface area contributed by atoms with E-state index in [0.29, 0.717) is 6.61 Å². The first-order valence-corrected chi connectivity index (χ1v) is 7.13. The van der Waals surface area contributed by atoms with Gasteiger partial charge in [-0.1, -0.05) is 23.9 Å². The van der Waals surface area contributed by atoms with Crippen LogP contribution in [0, 0.1) is 0 Å². The molecule has 1 unspecified atom stereocenters. The molecule has 0 amide bonds. The van der Waals surface area contributed by atoms with Gasteiger partial charge in [0.25, 0.3) is 0 Å². The van der Waals surface area contributed by atoms with Crippen molar-refractivity contribution in [2.24, 2.45) is 0 Å². The topological polar surface area (TPSA) is 64.3 Å². The third-order valence-corrected chi connectivity index (χ3v) is 4.10. The summed E-state index contributed by atoms with van der Waals surface area (Å²) in [6.45, 7) is 1.42. The van der Waals surface area contributed by atoms with Crippen LogP contribution in [-0.2, 0) is 9.53 Å². The van der Waals surface area contributed by atoms with Crippen LogP contribution in [0.15, 0.2) is 29.4 Å². The number of hydrogen-bond acceptors (Lipinski definition) is 4. The Morgan fingerprint density at radius 2 is 2.37 bits per heavy atom. The van der Waals surface area contributed by atoms with Gasteiger partial charge in [-0.05, 0) is 18.6 Å². The molecule has 3 rings (SSSR count). The molecule has 1 aromatic carbocycles. The number of nitrogens with zero attached hydrogens (tertiary/aromatic N) is 2. The van der Waals surface area contributed by atoms with Gasteiger partial charge in [0, 0.05) is 6.61 Å². The van der Waals surface area contributed by atoms with Gasteiger partial charge in [-0.2, -0.15) is 0 Å². The first-order valence-electron chi connectivity index (χ1n) is 6.15. The Balaban J connectivity index is 2.03. The van der Waals surface area contributed by atoms with Crippen LogP contribution < -0.4 is 0 Å². The van der Waals surface area contributed by atoms with E-state index in [2.05, 4.69) is 9.55 Å². The summed E-state index contributed by atoms with van der Waals surface area (Å²) < 4.78 is 7.56. The van der Waals surface area contributed by atoms with Crippen LogP contribution in [0.5, 0.6) is 0 Å². The van der Waals surface area contributed by atoms with E-state index in [4.69, 9.17) is 9.84 Å². The van der Waals surface area contributed by atoms with Gasteiger partial charge in [0.15, 0.2) is 5.16 Å². The summed E-state index contributed by atoms with van der Waals surface area (Å²) in [7, 11) is 0. The van der Waals surface area contributed by atoms with Crippen LogP contribution in [0.3, 0.4) is 0 Å². The number of imidazole rings is 1. The normalized spacial score (nSPS) is 19.1. The van der Waals surface area contributed by atoms with E-state index in [1.807, 2.05) is 24.3 Å². The molecule has 1 fully saturated rings. The molecule has 100 valence electrons. The smallest absolute Gasteiger partial charge is 0.313 e. The number of aliphatic carboxylic acids is 1. The molecule has 19 heavy (non-hydrogen) atoms. The average molecular weight is 278 g/mol. The molecule has 0 radical (unpaired) electrons. The number of carboxylic acid groups (broad SMARTS) is 1. The van der Waals surface area contributed by atoms with E-state index < -0.39 is 5.97 Å². The third kappa shape index (κ3) is 2.46. The number of rotatable bonds is 4. The van der Waals surface area contributed by atoms with E-state index in [0.717, 1.165) is 29.2 Å². The van der Waals surface area contributed by atoms with E-state index >= 15 is 0 Å². The second-order valence-corrected chi connectivity index (χ2v) is 5.40. The number of carbonyl (C=O) groups is 1. The molecule has 0 spiro atoms. The van der Waals surface area contributed by atoms with Crippen molar-refractivity contribution in [3.63, 3.8) is 0 Å². The predicted molar refractivity (Wildman–Crippen MR) is 72.6 cm³/mol. The third-order valence-electron chi connectivity index (χ3n) is 3.16. The molecule has 1 aliphatic heterocycles. The number of benzene rings is 1. The zero-order valence-electron chi connectivity index (χ0n) is 10.3. The lowest BCUT2D eigenvalue weighted by molar-refractivity contribution is -0.133. The average Bonchev–Trinajstić information content (AvgIpc) is 3.02. The van der Waals surface area contributed by atoms with Gasteiger partial charge in [-0.25, -0.2) is 4.98 Å². The molecule has 1 N–H and O–H groups in total. The Kier molecular flexibility index (Phi) is 3.44. The Hall–Kier alpha value is -1.53. The molecule has 0 aliphatic carbocycles. The van der Waals surface area contributed by atoms with Gasteiger partial charge in [0.2, 0.25) is 0 Å². The Bertz CT molecular complexity index is 605. The first-order chi connectivity index (χ1) is 9.25. The highest BCUT2D eigenvalue weighted by Crippen LogP contribution is 2.31. The monoisotopic (exact) mass is 278 g/mol. The molecule has 1 aliphatic rings. The van der Waals surface area contributed by atoms with E-state index in [9.17, 15) is 4.79 Å². The molecule has 2 heterocycles. The van der Waals surface area contributed by atoms with Gasteiger partial charge in [-0.15, -0.1) is 0 Å². The fourth-order valence-electron chi connectivity index (χ4n) is 2.33. The van der Waals surface area contributed by atoms with E-state index in [1.54, 1.807) is 0 Å². The Labute approximate surface area is 114 Å². The van der Waals surface area contributed by atoms with Crippen molar-refractivity contribution in [3.8, 4) is 0 Å². The quantitative estimate of drug-likeness (QED) is 0.868. The lowest BCUT2D eigenvalue weighted by Crippen LogP contribution is -2.10. The molecular weight excluding hydrogens is 264 g/mol. The van der Waals surface area contributed by atoms with Gasteiger partial charge in [0.1, 0.15) is 0 Å². The number of aromatic nitrogens is 2. The number of para-hydroxylation sites is 2. The zero-order valence-corrected chi connectivity index (χ0v) is 11.1. The summed E-state index contributed by atoms with van der Waals surface area (Å²) in [5.41, 5.74) is 1.95. The van der Waals surface area contributed by atoms with Crippen LogP contribution in [0.2, 0.25) is 0 Å². The summed E-state index contributed by atoms with van der Waals surface area (Å²) in [5, 5.41) is 9.59. The Morgan fingerprint density at radius 3 is 3.11 bits per heavy atom. The highest BCUT2D eigenvalue weighted by atomic mass is 32.2. The molecule has 0 saturated carbocycles. The SMILES string of the molecule is O=C(O)CSc1nc2ccccc2n1C1CCOC1. The fraction of sp³-hybridized carbons (Fsp3) is 0.385. The summed E-state index contributed by atoms with van der Waals surface area (Å²) in [4.78, 5) is 15.3. The van der Waals surface area contributed by atoms with Crippen molar-refractivity contribution in [3.05, 3.63) is 24.3 Å². The van der Waals surface area contributed by atoms with Gasteiger partial charge >= 0.3 is 5.97 Å². The zero-order chi connectivity index (χ0) is 13.2. The van der Waals surface area contributed by atoms with E-state index in [1.165, 1.54) is 11.8 Å². The van der Waals surface area contributed by atoms with Crippen molar-refractivity contribution in [2.45, 2.75) is 17.6 Å². The second kappa shape index (κ2) is 5.22. The molecule has 1 saturated heterocycles. The largest absolute Gasteiger partial charge is 0.481 e. The molecule has 1 aromatic heterocycles. The number of fused-ring (bicyclic) bond motifs is 1. The lowest BCUT2D eigenvalue weighted by atomic mass is 10.2. The van der Waals surface area contributed by atoms with Gasteiger partial charge in [-0.3, -0.25) is 4.79 Å². The molecule has 1 atom stereocenters. The van der Waals surface area contributed by atoms with Crippen LogP contribution in [0.25, 0.3) is 11.0 Å². The first kappa shape index (κ1) is 12.5. The molecule has 0 bridgehead atoms. The fourth-order valence-corrected chi connectivity index (χ4v) is 3.13. The van der Waals surface area contributed by atoms with Crippen LogP contribution in [0.1, 0.15) is 12.5 Å². The molecule has 2 aromatic rings. The Morgan fingerprint density at radius 1 is 1.53 bits per heavy atom. The molecule has 5 nitrogen and oxygen atoms in total.